The Bertz CT molecular complexity index is 1550. The number of piperazine rings is 1. The molecule has 2 aromatic carbocycles. The van der Waals surface area contributed by atoms with E-state index in [-0.39, 0.29) is 30.0 Å². The number of carbonyl (C=O) groups is 4. The molecule has 3 aromatic rings. The molecule has 12 heteroatoms. The van der Waals surface area contributed by atoms with Gasteiger partial charge in [0.2, 0.25) is 23.6 Å². The van der Waals surface area contributed by atoms with Crippen molar-refractivity contribution < 1.29 is 23.6 Å². The number of rotatable bonds is 12. The highest BCUT2D eigenvalue weighted by Crippen LogP contribution is 2.30. The monoisotopic (exact) mass is 647 g/mol. The molecule has 0 aliphatic carbocycles. The van der Waals surface area contributed by atoms with Crippen LogP contribution in [0.1, 0.15) is 70.0 Å². The molecule has 0 bridgehead atoms. The van der Waals surface area contributed by atoms with E-state index in [4.69, 9.17) is 0 Å². The van der Waals surface area contributed by atoms with Crippen molar-refractivity contribution in [2.45, 2.75) is 65.0 Å². The lowest BCUT2D eigenvalue weighted by molar-refractivity contribution is -0.138. The number of carbonyl (C=O) groups excluding carboxylic acids is 4. The van der Waals surface area contributed by atoms with Gasteiger partial charge in [-0.05, 0) is 44.2 Å². The quantitative estimate of drug-likeness (QED) is 0.251. The van der Waals surface area contributed by atoms with Crippen molar-refractivity contribution in [2.24, 2.45) is 5.92 Å². The molecule has 0 saturated carbocycles. The van der Waals surface area contributed by atoms with Crippen LogP contribution < -0.4 is 16.0 Å². The highest BCUT2D eigenvalue weighted by Gasteiger charge is 2.35. The van der Waals surface area contributed by atoms with Crippen LogP contribution in [0, 0.1) is 11.7 Å². The number of hydrogen-bond acceptors (Lipinski definition) is 6. The maximum absolute atomic E-state index is 15.7. The number of amides is 4. The van der Waals surface area contributed by atoms with Crippen LogP contribution in [0.3, 0.4) is 0 Å². The smallest absolute Gasteiger partial charge is 0.245 e. The minimum Gasteiger partial charge on any atom is -0.344 e. The molecular formula is C35H46FN7O4. The SMILES string of the molecule is CCC(=O)N[C@@H](C(=O)N1CCN(C)CC1)[C@@H](C)c1ccc(NC(=O)[C@@H](C(=O)Nc2ccnn2C(C)C)[C@H](C)c2ccccc2)c(F)c1. The molecule has 252 valence electrons. The lowest BCUT2D eigenvalue weighted by atomic mass is 9.86. The van der Waals surface area contributed by atoms with E-state index in [9.17, 15) is 19.2 Å². The lowest BCUT2D eigenvalue weighted by Gasteiger charge is -2.36. The molecule has 0 radical (unpaired) electrons. The lowest BCUT2D eigenvalue weighted by Crippen LogP contribution is -2.55. The van der Waals surface area contributed by atoms with E-state index < -0.39 is 41.4 Å². The standard InChI is InChI=1S/C35H46FN7O4/c1-7-30(44)40-32(35(47)42-19-17-41(6)18-20-42)24(5)26-13-14-28(27(36)21-26)38-33(45)31(23(4)25-11-9-8-10-12-25)34(46)39-29-15-16-37-43(29)22(2)3/h8-16,21-24,31-32H,7,17-20H2,1-6H3,(H,38,45)(H,39,46)(H,40,44)/t23-,24+,31+,32-/m1/s1. The van der Waals surface area contributed by atoms with E-state index in [1.807, 2.05) is 51.2 Å². The number of nitrogens with one attached hydrogen (secondary N) is 3. The molecule has 47 heavy (non-hydrogen) atoms. The average molecular weight is 648 g/mol. The molecule has 1 saturated heterocycles. The van der Waals surface area contributed by atoms with Crippen LogP contribution in [0.2, 0.25) is 0 Å². The van der Waals surface area contributed by atoms with E-state index in [1.165, 1.54) is 12.1 Å². The molecule has 3 N–H and O–H groups in total. The van der Waals surface area contributed by atoms with Crippen LogP contribution in [-0.2, 0) is 19.2 Å². The topological polar surface area (TPSA) is 129 Å². The summed E-state index contributed by atoms with van der Waals surface area (Å²) in [4.78, 5) is 57.3. The number of nitrogens with zero attached hydrogens (tertiary/aromatic N) is 4. The molecule has 4 rings (SSSR count). The van der Waals surface area contributed by atoms with Gasteiger partial charge in [-0.1, -0.05) is 57.2 Å². The molecule has 1 aliphatic rings. The Hall–Kier alpha value is -4.58. The van der Waals surface area contributed by atoms with Crippen molar-refractivity contribution >= 4 is 35.1 Å². The summed E-state index contributed by atoms with van der Waals surface area (Å²) in [7, 11) is 1.99. The van der Waals surface area contributed by atoms with Crippen LogP contribution in [-0.4, -0.2) is 82.5 Å². The highest BCUT2D eigenvalue weighted by atomic mass is 19.1. The Labute approximate surface area is 275 Å². The first-order valence-corrected chi connectivity index (χ1v) is 16.2. The Morgan fingerprint density at radius 3 is 2.13 bits per heavy atom. The van der Waals surface area contributed by atoms with Crippen molar-refractivity contribution in [3.8, 4) is 0 Å². The number of likely N-dealkylation sites (N-methyl/N-ethyl adjacent to an activating group) is 1. The van der Waals surface area contributed by atoms with Crippen molar-refractivity contribution in [1.82, 2.24) is 24.9 Å². The summed E-state index contributed by atoms with van der Waals surface area (Å²) in [6.07, 6.45) is 1.77. The van der Waals surface area contributed by atoms with Crippen molar-refractivity contribution in [1.29, 1.82) is 0 Å². The highest BCUT2D eigenvalue weighted by molar-refractivity contribution is 6.11. The zero-order chi connectivity index (χ0) is 34.2. The first kappa shape index (κ1) is 35.3. The third-order valence-electron chi connectivity index (χ3n) is 8.80. The van der Waals surface area contributed by atoms with Crippen molar-refractivity contribution in [2.75, 3.05) is 43.9 Å². The molecule has 0 unspecified atom stereocenters. The number of benzene rings is 2. The zero-order valence-corrected chi connectivity index (χ0v) is 28.0. The van der Waals surface area contributed by atoms with Gasteiger partial charge in [-0.2, -0.15) is 5.10 Å². The van der Waals surface area contributed by atoms with Gasteiger partial charge in [-0.25, -0.2) is 9.07 Å². The van der Waals surface area contributed by atoms with Gasteiger partial charge in [0.25, 0.3) is 0 Å². The summed E-state index contributed by atoms with van der Waals surface area (Å²) in [5, 5.41) is 12.6. The number of aromatic nitrogens is 2. The van der Waals surface area contributed by atoms with Crippen LogP contribution >= 0.6 is 0 Å². The van der Waals surface area contributed by atoms with E-state index in [0.717, 1.165) is 18.7 Å². The fourth-order valence-electron chi connectivity index (χ4n) is 5.77. The van der Waals surface area contributed by atoms with E-state index in [0.29, 0.717) is 24.5 Å². The summed E-state index contributed by atoms with van der Waals surface area (Å²) in [6, 6.07) is 14.2. The van der Waals surface area contributed by atoms with Gasteiger partial charge in [0.05, 0.1) is 11.9 Å². The second kappa shape index (κ2) is 15.8. The van der Waals surface area contributed by atoms with Gasteiger partial charge >= 0.3 is 0 Å². The van der Waals surface area contributed by atoms with E-state index in [1.54, 1.807) is 48.7 Å². The number of halogens is 1. The molecule has 4 amide bonds. The minimum absolute atomic E-state index is 0.0270. The molecule has 0 spiro atoms. The van der Waals surface area contributed by atoms with Crippen LogP contribution in [0.15, 0.2) is 60.8 Å². The molecule has 4 atom stereocenters. The molecule has 1 fully saturated rings. The molecule has 11 nitrogen and oxygen atoms in total. The van der Waals surface area contributed by atoms with Gasteiger partial charge < -0.3 is 25.8 Å². The third kappa shape index (κ3) is 8.62. The Balaban J connectivity index is 1.57. The van der Waals surface area contributed by atoms with Gasteiger partial charge in [-0.3, -0.25) is 19.2 Å². The first-order chi connectivity index (χ1) is 22.4. The maximum Gasteiger partial charge on any atom is 0.245 e. The summed E-state index contributed by atoms with van der Waals surface area (Å²) < 4.78 is 17.3. The second-order valence-electron chi connectivity index (χ2n) is 12.5. The van der Waals surface area contributed by atoms with Gasteiger partial charge in [0.15, 0.2) is 0 Å². The summed E-state index contributed by atoms with van der Waals surface area (Å²) >= 11 is 0. The maximum atomic E-state index is 15.7. The fraction of sp³-hybridized carbons (Fsp3) is 0.457. The molecular weight excluding hydrogens is 601 g/mol. The summed E-state index contributed by atoms with van der Waals surface area (Å²) in [6.45, 7) is 11.6. The second-order valence-corrected chi connectivity index (χ2v) is 12.5. The Morgan fingerprint density at radius 2 is 1.51 bits per heavy atom. The third-order valence-corrected chi connectivity index (χ3v) is 8.80. The average Bonchev–Trinajstić information content (AvgIpc) is 3.53. The number of hydrogen-bond donors (Lipinski definition) is 3. The Kier molecular flexibility index (Phi) is 11.9. The van der Waals surface area contributed by atoms with Gasteiger partial charge in [0.1, 0.15) is 23.6 Å². The minimum atomic E-state index is -1.21. The molecule has 2 heterocycles. The largest absolute Gasteiger partial charge is 0.344 e. The zero-order valence-electron chi connectivity index (χ0n) is 28.0. The summed E-state index contributed by atoms with van der Waals surface area (Å²) in [5.74, 6) is -4.30. The predicted octanol–water partition coefficient (Wildman–Crippen LogP) is 4.37. The van der Waals surface area contributed by atoms with Crippen LogP contribution in [0.4, 0.5) is 15.9 Å². The fourth-order valence-corrected chi connectivity index (χ4v) is 5.77. The van der Waals surface area contributed by atoms with E-state index in [2.05, 4.69) is 25.9 Å². The van der Waals surface area contributed by atoms with Crippen LogP contribution in [0.5, 0.6) is 0 Å². The van der Waals surface area contributed by atoms with Crippen LogP contribution in [0.25, 0.3) is 0 Å². The van der Waals surface area contributed by atoms with Crippen molar-refractivity contribution in [3.63, 3.8) is 0 Å². The van der Waals surface area contributed by atoms with E-state index >= 15 is 4.39 Å². The normalized spacial score (nSPS) is 16.2. The van der Waals surface area contributed by atoms with Crippen molar-refractivity contribution in [3.05, 3.63) is 77.7 Å². The number of anilines is 2. The molecule has 1 aliphatic heterocycles. The summed E-state index contributed by atoms with van der Waals surface area (Å²) in [5.41, 5.74) is 1.16. The van der Waals surface area contributed by atoms with Gasteiger partial charge in [-0.15, -0.1) is 0 Å². The Morgan fingerprint density at radius 1 is 0.851 bits per heavy atom. The predicted molar refractivity (Wildman–Crippen MR) is 179 cm³/mol. The first-order valence-electron chi connectivity index (χ1n) is 16.2. The van der Waals surface area contributed by atoms with Gasteiger partial charge in [0, 0.05) is 56.5 Å². The molecule has 1 aromatic heterocycles.